The molecule has 0 saturated carbocycles. The molecule has 1 amide bonds. The largest absolute Gasteiger partial charge is 0.474 e. The van der Waals surface area contributed by atoms with Crippen molar-refractivity contribution in [3.05, 3.63) is 66.4 Å². The molecule has 38 heavy (non-hydrogen) atoms. The smallest absolute Gasteiger partial charge is 0.357 e. The van der Waals surface area contributed by atoms with Crippen molar-refractivity contribution >= 4 is 32.7 Å². The maximum absolute atomic E-state index is 13.1. The van der Waals surface area contributed by atoms with E-state index in [4.69, 9.17) is 9.47 Å². The summed E-state index contributed by atoms with van der Waals surface area (Å²) in [7, 11) is -2.06. The number of sulfone groups is 1. The molecule has 0 spiro atoms. The van der Waals surface area contributed by atoms with Crippen molar-refractivity contribution in [1.82, 2.24) is 29.6 Å². The van der Waals surface area contributed by atoms with Crippen LogP contribution in [0.5, 0.6) is 5.88 Å². The van der Waals surface area contributed by atoms with Gasteiger partial charge in [-0.2, -0.15) is 5.10 Å². The predicted molar refractivity (Wildman–Crippen MR) is 135 cm³/mol. The molecule has 5 rings (SSSR count). The quantitative estimate of drug-likeness (QED) is 0.336. The lowest BCUT2D eigenvalue weighted by Gasteiger charge is -2.32. The van der Waals surface area contributed by atoms with E-state index in [1.54, 1.807) is 40.0 Å². The Morgan fingerprint density at radius 1 is 1.03 bits per heavy atom. The summed E-state index contributed by atoms with van der Waals surface area (Å²) in [5, 5.41) is 5.01. The zero-order valence-electron chi connectivity index (χ0n) is 20.6. The predicted octanol–water partition coefficient (Wildman–Crippen LogP) is 2.08. The van der Waals surface area contributed by atoms with Crippen LogP contribution in [-0.4, -0.2) is 82.5 Å². The SMILES string of the molecule is COC(=O)c1ncccc1C(=O)N1CCC(Oc2ncnc3c2cnn3-c2ccc(S(C)(=O)=O)cc2)CC1. The molecule has 0 unspecified atom stereocenters. The lowest BCUT2D eigenvalue weighted by atomic mass is 10.1. The normalized spacial score (nSPS) is 14.4. The summed E-state index contributed by atoms with van der Waals surface area (Å²) >= 11 is 0. The first-order valence-corrected chi connectivity index (χ1v) is 13.6. The maximum Gasteiger partial charge on any atom is 0.357 e. The highest BCUT2D eigenvalue weighted by molar-refractivity contribution is 7.90. The first kappa shape index (κ1) is 25.3. The summed E-state index contributed by atoms with van der Waals surface area (Å²) in [6, 6.07) is 9.53. The Labute approximate surface area is 218 Å². The van der Waals surface area contributed by atoms with Gasteiger partial charge in [-0.3, -0.25) is 4.79 Å². The van der Waals surface area contributed by atoms with Crippen molar-refractivity contribution < 1.29 is 27.5 Å². The van der Waals surface area contributed by atoms with Gasteiger partial charge >= 0.3 is 5.97 Å². The van der Waals surface area contributed by atoms with Crippen LogP contribution in [0.25, 0.3) is 16.7 Å². The third kappa shape index (κ3) is 4.92. The Balaban J connectivity index is 1.29. The number of aromatic nitrogens is 5. The van der Waals surface area contributed by atoms with Gasteiger partial charge in [0.15, 0.2) is 21.2 Å². The minimum atomic E-state index is -3.31. The number of amides is 1. The number of ether oxygens (including phenoxy) is 2. The van der Waals surface area contributed by atoms with Crippen molar-refractivity contribution in [3.63, 3.8) is 0 Å². The van der Waals surface area contributed by atoms with E-state index in [-0.39, 0.29) is 28.2 Å². The van der Waals surface area contributed by atoms with E-state index >= 15 is 0 Å². The Hall–Kier alpha value is -4.39. The zero-order chi connectivity index (χ0) is 26.9. The molecule has 3 aromatic heterocycles. The summed E-state index contributed by atoms with van der Waals surface area (Å²) in [5.41, 5.74) is 1.35. The van der Waals surface area contributed by atoms with Crippen LogP contribution in [0.4, 0.5) is 0 Å². The fourth-order valence-corrected chi connectivity index (χ4v) is 4.91. The Morgan fingerprint density at radius 2 is 1.76 bits per heavy atom. The highest BCUT2D eigenvalue weighted by atomic mass is 32.2. The van der Waals surface area contributed by atoms with Crippen molar-refractivity contribution in [2.24, 2.45) is 0 Å². The average molecular weight is 537 g/mol. The van der Waals surface area contributed by atoms with E-state index < -0.39 is 15.8 Å². The maximum atomic E-state index is 13.1. The molecule has 4 heterocycles. The molecule has 1 fully saturated rings. The molecule has 0 radical (unpaired) electrons. The number of fused-ring (bicyclic) bond motifs is 1. The molecule has 4 aromatic rings. The van der Waals surface area contributed by atoms with Gasteiger partial charge in [0, 0.05) is 38.4 Å². The zero-order valence-corrected chi connectivity index (χ0v) is 21.5. The molecule has 1 aromatic carbocycles. The van der Waals surface area contributed by atoms with Gasteiger partial charge in [-0.15, -0.1) is 0 Å². The number of pyridine rings is 1. The van der Waals surface area contributed by atoms with E-state index in [9.17, 15) is 18.0 Å². The number of rotatable bonds is 6. The van der Waals surface area contributed by atoms with E-state index in [1.807, 2.05) is 0 Å². The molecular weight excluding hydrogens is 512 g/mol. The number of carbonyl (C=O) groups is 2. The second-order valence-corrected chi connectivity index (χ2v) is 10.8. The molecule has 0 atom stereocenters. The molecule has 1 saturated heterocycles. The molecule has 12 nitrogen and oxygen atoms in total. The van der Waals surface area contributed by atoms with Gasteiger partial charge in [0.05, 0.1) is 29.5 Å². The summed E-state index contributed by atoms with van der Waals surface area (Å²) in [5.74, 6) is -0.574. The number of likely N-dealkylation sites (tertiary alicyclic amines) is 1. The second kappa shape index (κ2) is 10.2. The van der Waals surface area contributed by atoms with Crippen molar-refractivity contribution in [2.45, 2.75) is 23.8 Å². The molecule has 0 aliphatic carbocycles. The van der Waals surface area contributed by atoms with Gasteiger partial charge < -0.3 is 14.4 Å². The summed E-state index contributed by atoms with van der Waals surface area (Å²) in [4.78, 5) is 39.6. The van der Waals surface area contributed by atoms with Crippen molar-refractivity contribution in [3.8, 4) is 11.6 Å². The van der Waals surface area contributed by atoms with Crippen LogP contribution >= 0.6 is 0 Å². The first-order chi connectivity index (χ1) is 18.3. The van der Waals surface area contributed by atoms with Crippen LogP contribution in [-0.2, 0) is 14.6 Å². The van der Waals surface area contributed by atoms with Gasteiger partial charge in [0.1, 0.15) is 17.8 Å². The van der Waals surface area contributed by atoms with Crippen molar-refractivity contribution in [2.75, 3.05) is 26.5 Å². The number of esters is 1. The number of hydrogen-bond donors (Lipinski definition) is 0. The number of methoxy groups -OCH3 is 1. The highest BCUT2D eigenvalue weighted by Crippen LogP contribution is 2.27. The molecular formula is C25H24N6O6S. The standard InChI is InChI=1S/C25H24N6O6S/c1-36-25(33)21-19(4-3-11-26-21)24(32)30-12-9-17(10-13-30)37-23-20-14-29-31(22(20)27-15-28-23)16-5-7-18(8-6-16)38(2,34)35/h3-8,11,14-15,17H,9-10,12-13H2,1-2H3. The van der Waals surface area contributed by atoms with Crippen LogP contribution in [0.3, 0.4) is 0 Å². The number of benzene rings is 1. The van der Waals surface area contributed by atoms with Crippen LogP contribution < -0.4 is 4.74 Å². The van der Waals surface area contributed by atoms with Gasteiger partial charge in [0.25, 0.3) is 5.91 Å². The molecule has 0 N–H and O–H groups in total. The van der Waals surface area contributed by atoms with Crippen LogP contribution in [0.1, 0.15) is 33.7 Å². The van der Waals surface area contributed by atoms with E-state index in [0.29, 0.717) is 48.5 Å². The second-order valence-electron chi connectivity index (χ2n) is 8.74. The lowest BCUT2D eigenvalue weighted by molar-refractivity contribution is 0.0549. The Bertz CT molecular complexity index is 1610. The summed E-state index contributed by atoms with van der Waals surface area (Å²) < 4.78 is 36.0. The van der Waals surface area contributed by atoms with Crippen LogP contribution in [0.2, 0.25) is 0 Å². The highest BCUT2D eigenvalue weighted by Gasteiger charge is 2.29. The molecule has 1 aliphatic rings. The number of nitrogens with zero attached hydrogens (tertiary/aromatic N) is 6. The average Bonchev–Trinajstić information content (AvgIpc) is 3.37. The molecule has 1 aliphatic heterocycles. The van der Waals surface area contributed by atoms with Gasteiger partial charge in [-0.05, 0) is 36.4 Å². The number of hydrogen-bond acceptors (Lipinski definition) is 10. The van der Waals surface area contributed by atoms with Gasteiger partial charge in [0.2, 0.25) is 5.88 Å². The monoisotopic (exact) mass is 536 g/mol. The molecule has 196 valence electrons. The Kier molecular flexibility index (Phi) is 6.76. The van der Waals surface area contributed by atoms with E-state index in [1.165, 1.54) is 31.8 Å². The molecule has 13 heteroatoms. The number of piperidine rings is 1. The minimum absolute atomic E-state index is 0.00952. The lowest BCUT2D eigenvalue weighted by Crippen LogP contribution is -2.42. The summed E-state index contributed by atoms with van der Waals surface area (Å²) in [6.07, 6.45) is 6.52. The molecule has 0 bridgehead atoms. The first-order valence-electron chi connectivity index (χ1n) is 11.7. The fourth-order valence-electron chi connectivity index (χ4n) is 4.28. The topological polar surface area (TPSA) is 146 Å². The van der Waals surface area contributed by atoms with Crippen LogP contribution in [0, 0.1) is 0 Å². The fraction of sp³-hybridized carbons (Fsp3) is 0.280. The third-order valence-corrected chi connectivity index (χ3v) is 7.39. The van der Waals surface area contributed by atoms with Gasteiger partial charge in [-0.25, -0.2) is 32.8 Å². The Morgan fingerprint density at radius 3 is 2.45 bits per heavy atom. The van der Waals surface area contributed by atoms with Gasteiger partial charge in [-0.1, -0.05) is 0 Å². The summed E-state index contributed by atoms with van der Waals surface area (Å²) in [6.45, 7) is 0.859. The van der Waals surface area contributed by atoms with Crippen molar-refractivity contribution in [1.29, 1.82) is 0 Å². The minimum Gasteiger partial charge on any atom is -0.474 e. The van der Waals surface area contributed by atoms with E-state index in [0.717, 1.165) is 6.26 Å². The number of carbonyl (C=O) groups excluding carboxylic acids is 2. The van der Waals surface area contributed by atoms with E-state index in [2.05, 4.69) is 20.1 Å². The van der Waals surface area contributed by atoms with Crippen LogP contribution in [0.15, 0.2) is 60.0 Å². The third-order valence-electron chi connectivity index (χ3n) is 6.26.